The van der Waals surface area contributed by atoms with Crippen molar-refractivity contribution in [1.82, 2.24) is 4.98 Å². The summed E-state index contributed by atoms with van der Waals surface area (Å²) >= 11 is 5.80. The molecule has 102 valence electrons. The third-order valence-electron chi connectivity index (χ3n) is 2.34. The van der Waals surface area contributed by atoms with E-state index in [-0.39, 0.29) is 12.4 Å². The maximum absolute atomic E-state index is 10.9. The van der Waals surface area contributed by atoms with Crippen molar-refractivity contribution >= 4 is 29.5 Å². The highest BCUT2D eigenvalue weighted by Gasteiger charge is 2.03. The van der Waals surface area contributed by atoms with Gasteiger partial charge in [0, 0.05) is 24.8 Å². The van der Waals surface area contributed by atoms with Crippen LogP contribution < -0.4 is 5.73 Å². The Bertz CT molecular complexity index is 487. The molecule has 0 spiro atoms. The zero-order valence-corrected chi connectivity index (χ0v) is 11.4. The number of halogens is 1. The van der Waals surface area contributed by atoms with E-state index in [0.29, 0.717) is 23.8 Å². The molecule has 5 nitrogen and oxygen atoms in total. The van der Waals surface area contributed by atoms with Crippen LogP contribution in [0.5, 0.6) is 0 Å². The summed E-state index contributed by atoms with van der Waals surface area (Å²) in [6, 6.07) is 3.67. The highest BCUT2D eigenvalue weighted by molar-refractivity contribution is 6.17. The van der Waals surface area contributed by atoms with E-state index in [4.69, 9.17) is 17.3 Å². The van der Waals surface area contributed by atoms with Crippen LogP contribution in [0.4, 0.5) is 0 Å². The highest BCUT2D eigenvalue weighted by Crippen LogP contribution is 2.13. The SMILES string of the molecule is COC(=O)CCN=C/C=C(\N)c1ncccc1CCl. The molecule has 0 aliphatic rings. The summed E-state index contributed by atoms with van der Waals surface area (Å²) in [5, 5.41) is 0. The van der Waals surface area contributed by atoms with Gasteiger partial charge in [-0.2, -0.15) is 0 Å². The molecule has 0 aliphatic carbocycles. The second-order valence-electron chi connectivity index (χ2n) is 3.65. The van der Waals surface area contributed by atoms with Crippen LogP contribution in [0.15, 0.2) is 29.4 Å². The van der Waals surface area contributed by atoms with Crippen LogP contribution in [0.2, 0.25) is 0 Å². The van der Waals surface area contributed by atoms with Crippen LogP contribution in [0.1, 0.15) is 17.7 Å². The van der Waals surface area contributed by atoms with Crippen molar-refractivity contribution in [1.29, 1.82) is 0 Å². The molecule has 0 fully saturated rings. The van der Waals surface area contributed by atoms with Gasteiger partial charge in [0.2, 0.25) is 0 Å². The van der Waals surface area contributed by atoms with E-state index in [9.17, 15) is 4.79 Å². The molecular formula is C13H16ClN3O2. The van der Waals surface area contributed by atoms with Gasteiger partial charge in [0.1, 0.15) is 0 Å². The first-order chi connectivity index (χ1) is 9.19. The van der Waals surface area contributed by atoms with Gasteiger partial charge in [0.25, 0.3) is 0 Å². The van der Waals surface area contributed by atoms with E-state index in [0.717, 1.165) is 5.56 Å². The predicted octanol–water partition coefficient (Wildman–Crippen LogP) is 1.75. The molecule has 0 atom stereocenters. The monoisotopic (exact) mass is 281 g/mol. The largest absolute Gasteiger partial charge is 0.469 e. The number of alkyl halides is 1. The minimum absolute atomic E-state index is 0.247. The standard InChI is InChI=1S/C13H16ClN3O2/c1-19-12(18)5-8-16-7-4-11(15)13-10(9-14)3-2-6-17-13/h2-4,6-7H,5,8-9,15H2,1H3/b11-4-,16-7?. The first-order valence-electron chi connectivity index (χ1n) is 5.71. The normalized spacial score (nSPS) is 11.8. The Labute approximate surface area is 117 Å². The van der Waals surface area contributed by atoms with Gasteiger partial charge in [-0.15, -0.1) is 11.6 Å². The Morgan fingerprint density at radius 3 is 3.11 bits per heavy atom. The molecule has 0 aromatic carbocycles. The number of methoxy groups -OCH3 is 1. The summed E-state index contributed by atoms with van der Waals surface area (Å²) in [6.45, 7) is 0.362. The summed E-state index contributed by atoms with van der Waals surface area (Å²) in [5.74, 6) is 0.0558. The lowest BCUT2D eigenvalue weighted by Gasteiger charge is -2.04. The maximum atomic E-state index is 10.9. The smallest absolute Gasteiger partial charge is 0.307 e. The topological polar surface area (TPSA) is 77.6 Å². The lowest BCUT2D eigenvalue weighted by Crippen LogP contribution is -2.03. The van der Waals surface area contributed by atoms with Crippen LogP contribution >= 0.6 is 11.6 Å². The molecule has 0 unspecified atom stereocenters. The van der Waals surface area contributed by atoms with Crippen molar-refractivity contribution in [2.24, 2.45) is 10.7 Å². The molecule has 0 aliphatic heterocycles. The van der Waals surface area contributed by atoms with E-state index >= 15 is 0 Å². The van der Waals surface area contributed by atoms with Crippen molar-refractivity contribution in [3.63, 3.8) is 0 Å². The van der Waals surface area contributed by atoms with E-state index in [2.05, 4.69) is 14.7 Å². The second kappa shape index (κ2) is 8.26. The fraction of sp³-hybridized carbons (Fsp3) is 0.308. The molecule has 1 rings (SSSR count). The number of carbonyl (C=O) groups is 1. The van der Waals surface area contributed by atoms with Crippen LogP contribution in [-0.4, -0.2) is 30.8 Å². The summed E-state index contributed by atoms with van der Waals surface area (Å²) in [6.07, 6.45) is 5.08. The molecule has 2 N–H and O–H groups in total. The third kappa shape index (κ3) is 5.09. The molecule has 1 heterocycles. The number of ether oxygens (including phenoxy) is 1. The average molecular weight is 282 g/mol. The highest BCUT2D eigenvalue weighted by atomic mass is 35.5. The summed E-state index contributed by atoms with van der Waals surface area (Å²) < 4.78 is 4.50. The quantitative estimate of drug-likeness (QED) is 0.489. The van der Waals surface area contributed by atoms with Gasteiger partial charge in [0.15, 0.2) is 0 Å². The average Bonchev–Trinajstić information content (AvgIpc) is 2.46. The number of carbonyl (C=O) groups excluding carboxylic acids is 1. The molecule has 19 heavy (non-hydrogen) atoms. The Hall–Kier alpha value is -1.88. The zero-order valence-electron chi connectivity index (χ0n) is 10.7. The molecule has 6 heteroatoms. The Balaban J connectivity index is 2.61. The van der Waals surface area contributed by atoms with Gasteiger partial charge >= 0.3 is 5.97 Å². The van der Waals surface area contributed by atoms with Crippen molar-refractivity contribution in [2.75, 3.05) is 13.7 Å². The van der Waals surface area contributed by atoms with Gasteiger partial charge < -0.3 is 10.5 Å². The number of aromatic nitrogens is 1. The number of nitrogens with two attached hydrogens (primary N) is 1. The minimum atomic E-state index is -0.289. The molecule has 0 saturated carbocycles. The van der Waals surface area contributed by atoms with Gasteiger partial charge in [0.05, 0.1) is 24.9 Å². The second-order valence-corrected chi connectivity index (χ2v) is 3.92. The molecule has 0 radical (unpaired) electrons. The van der Waals surface area contributed by atoms with Crippen LogP contribution in [0.3, 0.4) is 0 Å². The number of hydrogen-bond donors (Lipinski definition) is 1. The Morgan fingerprint density at radius 2 is 2.42 bits per heavy atom. The first kappa shape index (κ1) is 15.2. The molecule has 0 saturated heterocycles. The fourth-order valence-electron chi connectivity index (χ4n) is 1.35. The van der Waals surface area contributed by atoms with Crippen LogP contribution in [0, 0.1) is 0 Å². The van der Waals surface area contributed by atoms with Crippen LogP contribution in [0.25, 0.3) is 5.70 Å². The molecular weight excluding hydrogens is 266 g/mol. The van der Waals surface area contributed by atoms with Crippen molar-refractivity contribution < 1.29 is 9.53 Å². The number of allylic oxidation sites excluding steroid dienone is 1. The molecule has 0 amide bonds. The van der Waals surface area contributed by atoms with E-state index in [1.807, 2.05) is 6.07 Å². The van der Waals surface area contributed by atoms with Gasteiger partial charge in [-0.1, -0.05) is 6.07 Å². The number of aliphatic imine (C=N–C) groups is 1. The van der Waals surface area contributed by atoms with Gasteiger partial charge in [-0.05, 0) is 17.7 Å². The maximum Gasteiger partial charge on any atom is 0.307 e. The fourth-order valence-corrected chi connectivity index (χ4v) is 1.57. The summed E-state index contributed by atoms with van der Waals surface area (Å²) in [5.41, 5.74) is 7.89. The first-order valence-corrected chi connectivity index (χ1v) is 6.25. The van der Waals surface area contributed by atoms with E-state index < -0.39 is 0 Å². The van der Waals surface area contributed by atoms with Crippen molar-refractivity contribution in [3.05, 3.63) is 35.7 Å². The van der Waals surface area contributed by atoms with E-state index in [1.165, 1.54) is 7.11 Å². The minimum Gasteiger partial charge on any atom is -0.469 e. The number of nitrogens with zero attached hydrogens (tertiary/aromatic N) is 2. The Kier molecular flexibility index (Phi) is 6.60. The van der Waals surface area contributed by atoms with Gasteiger partial charge in [-0.25, -0.2) is 0 Å². The van der Waals surface area contributed by atoms with E-state index in [1.54, 1.807) is 24.6 Å². The third-order valence-corrected chi connectivity index (χ3v) is 2.63. The van der Waals surface area contributed by atoms with Crippen molar-refractivity contribution in [3.8, 4) is 0 Å². The predicted molar refractivity (Wildman–Crippen MR) is 76.0 cm³/mol. The zero-order chi connectivity index (χ0) is 14.1. The Morgan fingerprint density at radius 1 is 1.63 bits per heavy atom. The number of esters is 1. The molecule has 0 bridgehead atoms. The summed E-state index contributed by atoms with van der Waals surface area (Å²) in [4.78, 5) is 19.1. The van der Waals surface area contributed by atoms with Gasteiger partial charge in [-0.3, -0.25) is 14.8 Å². The lowest BCUT2D eigenvalue weighted by molar-refractivity contribution is -0.140. The number of rotatable bonds is 6. The van der Waals surface area contributed by atoms with Crippen molar-refractivity contribution in [2.45, 2.75) is 12.3 Å². The molecule has 1 aromatic rings. The van der Waals surface area contributed by atoms with Crippen LogP contribution in [-0.2, 0) is 15.4 Å². The lowest BCUT2D eigenvalue weighted by atomic mass is 10.1. The number of pyridine rings is 1. The number of hydrogen-bond acceptors (Lipinski definition) is 5. The molecule has 1 aromatic heterocycles. The summed E-state index contributed by atoms with van der Waals surface area (Å²) in [7, 11) is 1.35.